The van der Waals surface area contributed by atoms with Crippen LogP contribution in [0.3, 0.4) is 0 Å². The molecule has 0 aliphatic heterocycles. The summed E-state index contributed by atoms with van der Waals surface area (Å²) < 4.78 is 0. The minimum absolute atomic E-state index is 0.0340. The third kappa shape index (κ3) is 4.17. The summed E-state index contributed by atoms with van der Waals surface area (Å²) in [5, 5.41) is 15.2. The Labute approximate surface area is 102 Å². The fourth-order valence-electron chi connectivity index (χ4n) is 1.64. The maximum absolute atomic E-state index is 11.6. The Morgan fingerprint density at radius 1 is 1.35 bits per heavy atom. The van der Waals surface area contributed by atoms with Gasteiger partial charge in [0.1, 0.15) is 0 Å². The number of rotatable bonds is 6. The number of amides is 1. The standard InChI is InChI=1S/C13H20N2O2/c1-3-14-13(17)10(2)15-12(9-16)11-7-5-4-6-8-11/h4-8,10,12,15-16H,3,9H2,1-2H3,(H,14,17). The van der Waals surface area contributed by atoms with Crippen LogP contribution in [0.2, 0.25) is 0 Å². The van der Waals surface area contributed by atoms with E-state index in [9.17, 15) is 9.90 Å². The van der Waals surface area contributed by atoms with Crippen molar-refractivity contribution in [2.45, 2.75) is 25.9 Å². The van der Waals surface area contributed by atoms with Gasteiger partial charge in [-0.1, -0.05) is 30.3 Å². The molecule has 0 radical (unpaired) electrons. The molecule has 1 rings (SSSR count). The second-order valence-electron chi connectivity index (χ2n) is 3.93. The van der Waals surface area contributed by atoms with E-state index in [0.717, 1.165) is 5.56 Å². The van der Waals surface area contributed by atoms with Gasteiger partial charge in [-0.25, -0.2) is 0 Å². The van der Waals surface area contributed by atoms with E-state index in [1.165, 1.54) is 0 Å². The van der Waals surface area contributed by atoms with Gasteiger partial charge in [0.25, 0.3) is 0 Å². The van der Waals surface area contributed by atoms with Crippen LogP contribution in [0.5, 0.6) is 0 Å². The van der Waals surface area contributed by atoms with Gasteiger partial charge >= 0.3 is 0 Å². The zero-order valence-electron chi connectivity index (χ0n) is 10.3. The zero-order chi connectivity index (χ0) is 12.7. The molecule has 3 N–H and O–H groups in total. The molecule has 1 aromatic carbocycles. The van der Waals surface area contributed by atoms with E-state index in [4.69, 9.17) is 0 Å². The minimum Gasteiger partial charge on any atom is -0.394 e. The topological polar surface area (TPSA) is 61.4 Å². The largest absolute Gasteiger partial charge is 0.394 e. The third-order valence-electron chi connectivity index (χ3n) is 2.58. The van der Waals surface area contributed by atoms with Crippen LogP contribution in [0.1, 0.15) is 25.5 Å². The molecule has 0 fully saturated rings. The molecule has 2 atom stereocenters. The smallest absolute Gasteiger partial charge is 0.236 e. The summed E-state index contributed by atoms with van der Waals surface area (Å²) in [6, 6.07) is 9.07. The summed E-state index contributed by atoms with van der Waals surface area (Å²) in [6.07, 6.45) is 0. The molecular formula is C13H20N2O2. The first-order valence-electron chi connectivity index (χ1n) is 5.88. The first-order chi connectivity index (χ1) is 8.19. The van der Waals surface area contributed by atoms with Gasteiger partial charge in [0.2, 0.25) is 5.91 Å². The molecule has 94 valence electrons. The highest BCUT2D eigenvalue weighted by Crippen LogP contribution is 2.12. The summed E-state index contributed by atoms with van der Waals surface area (Å²) in [6.45, 7) is 4.25. The number of aliphatic hydroxyl groups is 1. The van der Waals surface area contributed by atoms with Gasteiger partial charge in [-0.2, -0.15) is 0 Å². The second-order valence-corrected chi connectivity index (χ2v) is 3.93. The molecule has 4 nitrogen and oxygen atoms in total. The first kappa shape index (κ1) is 13.7. The average molecular weight is 236 g/mol. The number of nitrogens with one attached hydrogen (secondary N) is 2. The highest BCUT2D eigenvalue weighted by Gasteiger charge is 2.17. The van der Waals surface area contributed by atoms with Crippen LogP contribution < -0.4 is 10.6 Å². The van der Waals surface area contributed by atoms with Crippen molar-refractivity contribution in [2.75, 3.05) is 13.2 Å². The molecule has 0 aromatic heterocycles. The Hall–Kier alpha value is -1.39. The van der Waals surface area contributed by atoms with E-state index in [1.54, 1.807) is 6.92 Å². The summed E-state index contributed by atoms with van der Waals surface area (Å²) in [5.41, 5.74) is 0.978. The maximum Gasteiger partial charge on any atom is 0.236 e. The molecule has 0 bridgehead atoms. The van der Waals surface area contributed by atoms with Crippen LogP contribution in [-0.2, 0) is 4.79 Å². The molecule has 4 heteroatoms. The highest BCUT2D eigenvalue weighted by atomic mass is 16.3. The van der Waals surface area contributed by atoms with Crippen LogP contribution in [0.4, 0.5) is 0 Å². The van der Waals surface area contributed by atoms with Gasteiger partial charge < -0.3 is 10.4 Å². The van der Waals surface area contributed by atoms with Crippen molar-refractivity contribution in [1.82, 2.24) is 10.6 Å². The van der Waals surface area contributed by atoms with E-state index in [2.05, 4.69) is 10.6 Å². The zero-order valence-corrected chi connectivity index (χ0v) is 10.3. The lowest BCUT2D eigenvalue weighted by atomic mass is 10.1. The van der Waals surface area contributed by atoms with E-state index < -0.39 is 0 Å². The lowest BCUT2D eigenvalue weighted by Gasteiger charge is -2.21. The Bertz CT molecular complexity index is 341. The number of hydrogen-bond donors (Lipinski definition) is 3. The molecule has 0 saturated carbocycles. The lowest BCUT2D eigenvalue weighted by Crippen LogP contribution is -2.44. The molecule has 0 aliphatic carbocycles. The van der Waals surface area contributed by atoms with Crippen LogP contribution in [0.25, 0.3) is 0 Å². The van der Waals surface area contributed by atoms with Crippen LogP contribution in [0, 0.1) is 0 Å². The van der Waals surface area contributed by atoms with Crippen molar-refractivity contribution in [1.29, 1.82) is 0 Å². The third-order valence-corrected chi connectivity index (χ3v) is 2.58. The fourth-order valence-corrected chi connectivity index (χ4v) is 1.64. The number of aliphatic hydroxyl groups excluding tert-OH is 1. The molecule has 1 aromatic rings. The van der Waals surface area contributed by atoms with Gasteiger partial charge in [0.05, 0.1) is 18.7 Å². The number of likely N-dealkylation sites (N-methyl/N-ethyl adjacent to an activating group) is 1. The Kier molecular flexibility index (Phi) is 5.66. The predicted molar refractivity (Wildman–Crippen MR) is 67.6 cm³/mol. The molecule has 0 aliphatic rings. The number of hydrogen-bond acceptors (Lipinski definition) is 3. The van der Waals surface area contributed by atoms with Gasteiger partial charge in [-0.15, -0.1) is 0 Å². The number of carbonyl (C=O) groups is 1. The monoisotopic (exact) mass is 236 g/mol. The van der Waals surface area contributed by atoms with Crippen molar-refractivity contribution in [3.05, 3.63) is 35.9 Å². The molecule has 0 saturated heterocycles. The summed E-state index contributed by atoms with van der Waals surface area (Å²) in [4.78, 5) is 11.6. The minimum atomic E-state index is -0.327. The van der Waals surface area contributed by atoms with Crippen molar-refractivity contribution < 1.29 is 9.90 Å². The normalized spacial score (nSPS) is 14.1. The van der Waals surface area contributed by atoms with Crippen molar-refractivity contribution >= 4 is 5.91 Å². The quantitative estimate of drug-likeness (QED) is 0.685. The molecule has 17 heavy (non-hydrogen) atoms. The maximum atomic E-state index is 11.6. The van der Waals surface area contributed by atoms with Crippen molar-refractivity contribution in [3.8, 4) is 0 Å². The molecule has 0 spiro atoms. The van der Waals surface area contributed by atoms with Crippen LogP contribution in [-0.4, -0.2) is 30.2 Å². The van der Waals surface area contributed by atoms with Crippen molar-refractivity contribution in [3.63, 3.8) is 0 Å². The molecular weight excluding hydrogens is 216 g/mol. The Balaban J connectivity index is 2.61. The van der Waals surface area contributed by atoms with E-state index in [1.807, 2.05) is 37.3 Å². The van der Waals surface area contributed by atoms with E-state index in [-0.39, 0.29) is 24.6 Å². The van der Waals surface area contributed by atoms with Gasteiger partial charge in [0, 0.05) is 6.54 Å². The second kappa shape index (κ2) is 7.04. The van der Waals surface area contributed by atoms with Gasteiger partial charge in [-0.3, -0.25) is 10.1 Å². The Morgan fingerprint density at radius 3 is 2.53 bits per heavy atom. The fraction of sp³-hybridized carbons (Fsp3) is 0.462. The molecule has 1 amide bonds. The summed E-state index contributed by atoms with van der Waals surface area (Å²) >= 11 is 0. The SMILES string of the molecule is CCNC(=O)C(C)NC(CO)c1ccccc1. The average Bonchev–Trinajstić information content (AvgIpc) is 2.37. The summed E-state index contributed by atoms with van der Waals surface area (Å²) in [7, 11) is 0. The number of benzene rings is 1. The van der Waals surface area contributed by atoms with Gasteiger partial charge in [0.15, 0.2) is 0 Å². The lowest BCUT2D eigenvalue weighted by molar-refractivity contribution is -0.122. The molecule has 2 unspecified atom stereocenters. The highest BCUT2D eigenvalue weighted by molar-refractivity contribution is 5.81. The van der Waals surface area contributed by atoms with Crippen molar-refractivity contribution in [2.24, 2.45) is 0 Å². The van der Waals surface area contributed by atoms with E-state index in [0.29, 0.717) is 6.54 Å². The van der Waals surface area contributed by atoms with Crippen LogP contribution >= 0.6 is 0 Å². The Morgan fingerprint density at radius 2 is 2.00 bits per heavy atom. The van der Waals surface area contributed by atoms with Crippen LogP contribution in [0.15, 0.2) is 30.3 Å². The van der Waals surface area contributed by atoms with Gasteiger partial charge in [-0.05, 0) is 19.4 Å². The summed E-state index contributed by atoms with van der Waals surface area (Å²) in [5.74, 6) is -0.0538. The number of carbonyl (C=O) groups excluding carboxylic acids is 1. The molecule has 0 heterocycles. The predicted octanol–water partition coefficient (Wildman–Crippen LogP) is 0.834. The first-order valence-corrected chi connectivity index (χ1v) is 5.88. The van der Waals surface area contributed by atoms with E-state index >= 15 is 0 Å².